The fraction of sp³-hybridized carbons (Fsp3) is 0.750. The molecular weight excluding hydrogens is 204 g/mol. The summed E-state index contributed by atoms with van der Waals surface area (Å²) in [4.78, 5) is 0. The van der Waals surface area contributed by atoms with E-state index in [1.165, 1.54) is 38.5 Å². The van der Waals surface area contributed by atoms with Crippen LogP contribution in [0.3, 0.4) is 0 Å². The smallest absolute Gasteiger partial charge is 0.480 e. The number of rotatable bonds is 5. The Morgan fingerprint density at radius 1 is 1.07 bits per heavy atom. The van der Waals surface area contributed by atoms with E-state index in [-0.39, 0.29) is 0 Å². The van der Waals surface area contributed by atoms with E-state index in [4.69, 9.17) is 8.85 Å². The fourth-order valence-electron chi connectivity index (χ4n) is 1.80. The van der Waals surface area contributed by atoms with Crippen LogP contribution >= 0.6 is 0 Å². The van der Waals surface area contributed by atoms with Gasteiger partial charge < -0.3 is 8.85 Å². The molecule has 2 saturated carbocycles. The minimum atomic E-state index is -1.14. The molecule has 0 atom stereocenters. The minimum absolute atomic E-state index is 0.760. The number of allylic oxidation sites excluding steroid dienone is 1. The van der Waals surface area contributed by atoms with Crippen molar-refractivity contribution in [2.24, 2.45) is 11.8 Å². The molecule has 0 N–H and O–H groups in total. The summed E-state index contributed by atoms with van der Waals surface area (Å²) in [5, 5.41) is 0. The first-order valence-corrected chi connectivity index (χ1v) is 7.37. The van der Waals surface area contributed by atoms with Crippen molar-refractivity contribution in [1.29, 1.82) is 0 Å². The van der Waals surface area contributed by atoms with Crippen molar-refractivity contribution in [2.45, 2.75) is 38.5 Å². The molecule has 0 heterocycles. The second kappa shape index (κ2) is 5.49. The Hall–Kier alpha value is -0.573. The molecule has 0 aromatic rings. The van der Waals surface area contributed by atoms with E-state index in [1.807, 2.05) is 6.26 Å². The second-order valence-corrected chi connectivity index (χ2v) is 6.13. The van der Waals surface area contributed by atoms with Gasteiger partial charge in [-0.2, -0.15) is 0 Å². The van der Waals surface area contributed by atoms with Gasteiger partial charge in [-0.3, -0.25) is 0 Å². The van der Waals surface area contributed by atoms with Crippen LogP contribution in [0, 0.1) is 11.8 Å². The summed E-state index contributed by atoms with van der Waals surface area (Å²) in [7, 11) is 0.615. The molecule has 0 bridgehead atoms. The Balaban J connectivity index is 1.73. The molecule has 0 radical (unpaired) electrons. The first-order valence-electron chi connectivity index (χ1n) is 5.97. The zero-order valence-corrected chi connectivity index (χ0v) is 10.4. The van der Waals surface area contributed by atoms with E-state index in [2.05, 4.69) is 11.7 Å². The molecule has 2 rings (SSSR count). The molecule has 2 aliphatic rings. The van der Waals surface area contributed by atoms with Crippen LogP contribution in [0.15, 0.2) is 12.3 Å². The van der Waals surface area contributed by atoms with E-state index in [0.29, 0.717) is 0 Å². The predicted octanol–water partition coefficient (Wildman–Crippen LogP) is 2.64. The van der Waals surface area contributed by atoms with Gasteiger partial charge in [0, 0.05) is 0 Å². The van der Waals surface area contributed by atoms with Crippen molar-refractivity contribution in [3.05, 3.63) is 12.3 Å². The Morgan fingerprint density at radius 2 is 1.73 bits per heavy atom. The zero-order chi connectivity index (χ0) is 10.5. The lowest BCUT2D eigenvalue weighted by molar-refractivity contribution is 0.320. The van der Waals surface area contributed by atoms with Crippen LogP contribution in [-0.4, -0.2) is 21.7 Å². The second-order valence-electron chi connectivity index (χ2n) is 4.52. The van der Waals surface area contributed by atoms with Crippen molar-refractivity contribution in [3.63, 3.8) is 0 Å². The molecule has 0 unspecified atom stereocenters. The van der Waals surface area contributed by atoms with Gasteiger partial charge in [-0.25, -0.2) is 0 Å². The van der Waals surface area contributed by atoms with E-state index in [0.717, 1.165) is 11.8 Å². The van der Waals surface area contributed by atoms with Crippen LogP contribution in [0.1, 0.15) is 38.5 Å². The fourth-order valence-corrected chi connectivity index (χ4v) is 3.05. The van der Waals surface area contributed by atoms with Gasteiger partial charge >= 0.3 is 8.90 Å². The maximum Gasteiger partial charge on any atom is 0.480 e. The van der Waals surface area contributed by atoms with Crippen LogP contribution in [-0.2, 0) is 8.85 Å². The van der Waals surface area contributed by atoms with E-state index >= 15 is 0 Å². The maximum atomic E-state index is 5.65. The van der Waals surface area contributed by atoms with Crippen LogP contribution in [0.25, 0.3) is 0 Å². The van der Waals surface area contributed by atoms with Crippen molar-refractivity contribution >= 4 is 14.6 Å². The summed E-state index contributed by atoms with van der Waals surface area (Å²) >= 11 is 0. The van der Waals surface area contributed by atoms with Crippen LogP contribution in [0.5, 0.6) is 0 Å². The summed E-state index contributed by atoms with van der Waals surface area (Å²) in [6, 6.07) is 0. The van der Waals surface area contributed by atoms with Gasteiger partial charge in [0.1, 0.15) is 0 Å². The lowest BCUT2D eigenvalue weighted by atomic mass is 9.86. The van der Waals surface area contributed by atoms with Crippen LogP contribution < -0.4 is 0 Å². The third kappa shape index (κ3) is 3.19. The van der Waals surface area contributed by atoms with E-state index in [1.54, 1.807) is 7.11 Å². The first-order chi connectivity index (χ1) is 7.38. The van der Waals surface area contributed by atoms with Crippen LogP contribution in [0.4, 0.5) is 0 Å². The Morgan fingerprint density at radius 3 is 2.20 bits per heavy atom. The highest BCUT2D eigenvalue weighted by Crippen LogP contribution is 2.27. The molecule has 0 saturated heterocycles. The molecule has 0 aromatic carbocycles. The van der Waals surface area contributed by atoms with Gasteiger partial charge in [0.05, 0.1) is 13.4 Å². The van der Waals surface area contributed by atoms with Gasteiger partial charge in [-0.1, -0.05) is 12.8 Å². The molecule has 0 amide bonds. The van der Waals surface area contributed by atoms with Gasteiger partial charge in [0.25, 0.3) is 0 Å². The lowest BCUT2D eigenvalue weighted by Gasteiger charge is -2.22. The topological polar surface area (TPSA) is 18.5 Å². The molecular formula is C12H20O2Si. The maximum absolute atomic E-state index is 5.65. The standard InChI is InChI=1S/C12H20O2Si/c1-13-15(10-12-6-3-7-12)14-9-8-11-4-2-5-11/h8-12H,2-7H2,1H3. The summed E-state index contributed by atoms with van der Waals surface area (Å²) in [5.41, 5.74) is 2.29. The Labute approximate surface area is 93.7 Å². The summed E-state index contributed by atoms with van der Waals surface area (Å²) < 4.78 is 11.0. The Bertz CT molecular complexity index is 252. The quantitative estimate of drug-likeness (QED) is 0.528. The molecule has 0 aromatic heterocycles. The number of hydrogen-bond donors (Lipinski definition) is 0. The average molecular weight is 224 g/mol. The monoisotopic (exact) mass is 224 g/mol. The van der Waals surface area contributed by atoms with E-state index in [9.17, 15) is 0 Å². The molecule has 0 spiro atoms. The minimum Gasteiger partial charge on any atom is -0.526 e. The van der Waals surface area contributed by atoms with E-state index < -0.39 is 8.90 Å². The Kier molecular flexibility index (Phi) is 4.00. The molecule has 2 nitrogen and oxygen atoms in total. The van der Waals surface area contributed by atoms with Crippen molar-refractivity contribution < 1.29 is 8.85 Å². The third-order valence-electron chi connectivity index (χ3n) is 3.41. The lowest BCUT2D eigenvalue weighted by Crippen LogP contribution is -2.21. The SMILES string of the molecule is CO[Si](=CC1CCC1)OC=CC1CCC1. The molecule has 0 aliphatic heterocycles. The highest BCUT2D eigenvalue weighted by atomic mass is 28.3. The molecule has 15 heavy (non-hydrogen) atoms. The number of hydrogen-bond acceptors (Lipinski definition) is 2. The van der Waals surface area contributed by atoms with Gasteiger partial charge in [-0.15, -0.1) is 0 Å². The third-order valence-corrected chi connectivity index (χ3v) is 4.92. The summed E-state index contributed by atoms with van der Waals surface area (Å²) in [6.07, 6.45) is 12.1. The highest BCUT2D eigenvalue weighted by molar-refractivity contribution is 6.54. The largest absolute Gasteiger partial charge is 0.526 e. The summed E-state index contributed by atoms with van der Waals surface area (Å²) in [6.45, 7) is 0. The molecule has 2 fully saturated rings. The normalized spacial score (nSPS) is 23.7. The van der Waals surface area contributed by atoms with Gasteiger partial charge in [-0.05, 0) is 49.3 Å². The highest BCUT2D eigenvalue weighted by Gasteiger charge is 2.18. The summed E-state index contributed by atoms with van der Waals surface area (Å²) in [5.74, 6) is 1.53. The molecule has 2 aliphatic carbocycles. The zero-order valence-electron chi connectivity index (χ0n) is 9.45. The predicted molar refractivity (Wildman–Crippen MR) is 63.7 cm³/mol. The molecule has 84 valence electrons. The van der Waals surface area contributed by atoms with Crippen molar-refractivity contribution in [2.75, 3.05) is 7.11 Å². The average Bonchev–Trinajstić information content (AvgIpc) is 2.11. The first kappa shape index (κ1) is 10.9. The molecule has 3 heteroatoms. The van der Waals surface area contributed by atoms with Crippen molar-refractivity contribution in [3.8, 4) is 0 Å². The van der Waals surface area contributed by atoms with Crippen molar-refractivity contribution in [1.82, 2.24) is 0 Å². The van der Waals surface area contributed by atoms with Gasteiger partial charge in [0.15, 0.2) is 0 Å². The van der Waals surface area contributed by atoms with Gasteiger partial charge in [0.2, 0.25) is 0 Å². The van der Waals surface area contributed by atoms with Crippen LogP contribution in [0.2, 0.25) is 0 Å².